The van der Waals surface area contributed by atoms with Gasteiger partial charge in [0.1, 0.15) is 10.8 Å². The van der Waals surface area contributed by atoms with Crippen LogP contribution in [0, 0.1) is 0 Å². The van der Waals surface area contributed by atoms with E-state index in [-0.39, 0.29) is 23.7 Å². The van der Waals surface area contributed by atoms with Gasteiger partial charge in [-0.2, -0.15) is 5.10 Å². The largest absolute Gasteiger partial charge is 0.497 e. The van der Waals surface area contributed by atoms with Crippen LogP contribution in [-0.2, 0) is 11.3 Å². The highest BCUT2D eigenvalue weighted by atomic mass is 35.5. The Balaban J connectivity index is 2.25. The summed E-state index contributed by atoms with van der Waals surface area (Å²) in [5, 5.41) is 4.00. The SMILES string of the molecule is CCCC(=O)Oc1c(Cl)cnn(Cc2ccc(OC)cc2)c1=O. The second-order valence-corrected chi connectivity index (χ2v) is 5.26. The Hall–Kier alpha value is -2.34. The number of hydrogen-bond acceptors (Lipinski definition) is 5. The minimum Gasteiger partial charge on any atom is -0.497 e. The number of esters is 1. The Morgan fingerprint density at radius 3 is 2.61 bits per heavy atom. The smallest absolute Gasteiger partial charge is 0.311 e. The Bertz CT molecular complexity index is 741. The van der Waals surface area contributed by atoms with E-state index in [1.807, 2.05) is 19.1 Å². The Labute approximate surface area is 138 Å². The molecule has 23 heavy (non-hydrogen) atoms. The first-order chi connectivity index (χ1) is 11.0. The molecule has 0 fully saturated rings. The number of carbonyl (C=O) groups is 1. The number of hydrogen-bond donors (Lipinski definition) is 0. The van der Waals surface area contributed by atoms with E-state index in [2.05, 4.69) is 5.10 Å². The summed E-state index contributed by atoms with van der Waals surface area (Å²) in [5.41, 5.74) is 0.311. The van der Waals surface area contributed by atoms with Gasteiger partial charge in [-0.25, -0.2) is 4.68 Å². The minimum atomic E-state index is -0.544. The van der Waals surface area contributed by atoms with Crippen molar-refractivity contribution in [2.75, 3.05) is 7.11 Å². The number of benzene rings is 1. The monoisotopic (exact) mass is 336 g/mol. The first-order valence-electron chi connectivity index (χ1n) is 7.14. The van der Waals surface area contributed by atoms with Crippen LogP contribution in [0.2, 0.25) is 5.02 Å². The summed E-state index contributed by atoms with van der Waals surface area (Å²) in [5.74, 6) is 0.0432. The van der Waals surface area contributed by atoms with E-state index < -0.39 is 11.5 Å². The van der Waals surface area contributed by atoms with Crippen LogP contribution in [0.3, 0.4) is 0 Å². The summed E-state index contributed by atoms with van der Waals surface area (Å²) < 4.78 is 11.3. The summed E-state index contributed by atoms with van der Waals surface area (Å²) in [6, 6.07) is 7.23. The van der Waals surface area contributed by atoms with E-state index in [9.17, 15) is 9.59 Å². The summed E-state index contributed by atoms with van der Waals surface area (Å²) in [7, 11) is 1.58. The third-order valence-corrected chi connectivity index (χ3v) is 3.39. The molecule has 0 aliphatic heterocycles. The third-order valence-electron chi connectivity index (χ3n) is 3.12. The number of rotatable bonds is 6. The molecular formula is C16H17ClN2O4. The third kappa shape index (κ3) is 4.32. The molecule has 2 rings (SSSR count). The zero-order chi connectivity index (χ0) is 16.8. The van der Waals surface area contributed by atoms with Crippen LogP contribution in [0.25, 0.3) is 0 Å². The van der Waals surface area contributed by atoms with Gasteiger partial charge in [0.2, 0.25) is 5.75 Å². The van der Waals surface area contributed by atoms with Crippen LogP contribution in [-0.4, -0.2) is 22.9 Å². The van der Waals surface area contributed by atoms with Gasteiger partial charge in [-0.15, -0.1) is 0 Å². The van der Waals surface area contributed by atoms with E-state index in [0.717, 1.165) is 11.3 Å². The maximum Gasteiger partial charge on any atom is 0.311 e. The summed E-state index contributed by atoms with van der Waals surface area (Å²) in [4.78, 5) is 24.0. The second-order valence-electron chi connectivity index (χ2n) is 4.86. The maximum atomic E-state index is 12.4. The normalized spacial score (nSPS) is 10.4. The lowest BCUT2D eigenvalue weighted by Gasteiger charge is -2.09. The average molecular weight is 337 g/mol. The van der Waals surface area contributed by atoms with Gasteiger partial charge in [0, 0.05) is 6.42 Å². The van der Waals surface area contributed by atoms with E-state index >= 15 is 0 Å². The highest BCUT2D eigenvalue weighted by Crippen LogP contribution is 2.19. The fourth-order valence-corrected chi connectivity index (χ4v) is 2.09. The molecule has 0 aliphatic rings. The minimum absolute atomic E-state index is 0.0189. The van der Waals surface area contributed by atoms with Crippen molar-refractivity contribution in [2.24, 2.45) is 0 Å². The predicted molar refractivity (Wildman–Crippen MR) is 86.1 cm³/mol. The van der Waals surface area contributed by atoms with Crippen molar-refractivity contribution in [1.82, 2.24) is 9.78 Å². The van der Waals surface area contributed by atoms with Crippen molar-refractivity contribution in [2.45, 2.75) is 26.3 Å². The molecule has 7 heteroatoms. The van der Waals surface area contributed by atoms with Gasteiger partial charge in [-0.3, -0.25) is 9.59 Å². The van der Waals surface area contributed by atoms with Crippen LogP contribution in [0.1, 0.15) is 25.3 Å². The van der Waals surface area contributed by atoms with Gasteiger partial charge in [0.25, 0.3) is 0 Å². The van der Waals surface area contributed by atoms with Crippen molar-refractivity contribution in [1.29, 1.82) is 0 Å². The molecule has 0 saturated carbocycles. The molecule has 6 nitrogen and oxygen atoms in total. The van der Waals surface area contributed by atoms with Crippen LogP contribution in [0.5, 0.6) is 11.5 Å². The molecule has 0 bridgehead atoms. The lowest BCUT2D eigenvalue weighted by Crippen LogP contribution is -2.26. The van der Waals surface area contributed by atoms with Gasteiger partial charge in [0.15, 0.2) is 0 Å². The predicted octanol–water partition coefficient (Wildman–Crippen LogP) is 2.66. The van der Waals surface area contributed by atoms with Crippen molar-refractivity contribution in [3.63, 3.8) is 0 Å². The van der Waals surface area contributed by atoms with E-state index in [1.54, 1.807) is 19.2 Å². The molecule has 122 valence electrons. The number of nitrogens with zero attached hydrogens (tertiary/aromatic N) is 2. The molecule has 0 spiro atoms. The number of halogens is 1. The molecule has 1 aromatic carbocycles. The van der Waals surface area contributed by atoms with Crippen LogP contribution in [0.15, 0.2) is 35.3 Å². The maximum absolute atomic E-state index is 12.4. The average Bonchev–Trinajstić information content (AvgIpc) is 2.55. The number of carbonyl (C=O) groups excluding carboxylic acids is 1. The summed E-state index contributed by atoms with van der Waals surface area (Å²) >= 11 is 5.92. The Morgan fingerprint density at radius 2 is 2.00 bits per heavy atom. The van der Waals surface area contributed by atoms with Crippen LogP contribution >= 0.6 is 11.6 Å². The second kappa shape index (κ2) is 7.78. The number of aromatic nitrogens is 2. The van der Waals surface area contributed by atoms with Crippen molar-refractivity contribution in [3.05, 3.63) is 51.4 Å². The molecule has 0 amide bonds. The quantitative estimate of drug-likeness (QED) is 0.758. The fourth-order valence-electron chi connectivity index (χ4n) is 1.93. The molecular weight excluding hydrogens is 320 g/mol. The molecule has 0 radical (unpaired) electrons. The molecule has 0 saturated heterocycles. The van der Waals surface area contributed by atoms with Crippen molar-refractivity contribution >= 4 is 17.6 Å². The number of methoxy groups -OCH3 is 1. The first kappa shape index (κ1) is 17.0. The van der Waals surface area contributed by atoms with Crippen molar-refractivity contribution in [3.8, 4) is 11.5 Å². The van der Waals surface area contributed by atoms with Gasteiger partial charge in [-0.1, -0.05) is 30.7 Å². The zero-order valence-corrected chi connectivity index (χ0v) is 13.7. The number of ether oxygens (including phenoxy) is 2. The highest BCUT2D eigenvalue weighted by Gasteiger charge is 2.15. The van der Waals surface area contributed by atoms with Gasteiger partial charge < -0.3 is 9.47 Å². The molecule has 0 unspecified atom stereocenters. The van der Waals surface area contributed by atoms with E-state index in [0.29, 0.717) is 6.42 Å². The van der Waals surface area contributed by atoms with Gasteiger partial charge in [0.05, 0.1) is 19.9 Å². The molecule has 1 aromatic heterocycles. The van der Waals surface area contributed by atoms with E-state index in [1.165, 1.54) is 10.9 Å². The Morgan fingerprint density at radius 1 is 1.30 bits per heavy atom. The lowest BCUT2D eigenvalue weighted by molar-refractivity contribution is -0.134. The topological polar surface area (TPSA) is 70.4 Å². The highest BCUT2D eigenvalue weighted by molar-refractivity contribution is 6.31. The molecule has 0 atom stereocenters. The fraction of sp³-hybridized carbons (Fsp3) is 0.312. The standard InChI is InChI=1S/C16H17ClN2O4/c1-3-4-14(20)23-15-13(17)9-18-19(16(15)21)10-11-5-7-12(22-2)8-6-11/h5-9H,3-4,10H2,1-2H3. The zero-order valence-electron chi connectivity index (χ0n) is 12.9. The first-order valence-corrected chi connectivity index (χ1v) is 7.52. The van der Waals surface area contributed by atoms with Crippen LogP contribution in [0.4, 0.5) is 0 Å². The van der Waals surface area contributed by atoms with Crippen molar-refractivity contribution < 1.29 is 14.3 Å². The molecule has 2 aromatic rings. The van der Waals surface area contributed by atoms with E-state index in [4.69, 9.17) is 21.1 Å². The molecule has 0 N–H and O–H groups in total. The van der Waals surface area contributed by atoms with Crippen LogP contribution < -0.4 is 15.0 Å². The molecule has 0 aliphatic carbocycles. The van der Waals surface area contributed by atoms with Gasteiger partial charge >= 0.3 is 11.5 Å². The summed E-state index contributed by atoms with van der Waals surface area (Å²) in [6.45, 7) is 2.08. The Kier molecular flexibility index (Phi) is 5.76. The lowest BCUT2D eigenvalue weighted by atomic mass is 10.2. The van der Waals surface area contributed by atoms with Gasteiger partial charge in [-0.05, 0) is 24.1 Å². The molecule has 1 heterocycles. The summed E-state index contributed by atoms with van der Waals surface area (Å²) in [6.07, 6.45) is 2.14.